The van der Waals surface area contributed by atoms with Crippen LogP contribution in [0.1, 0.15) is 18.9 Å². The minimum atomic E-state index is -3.79. The SMILES string of the molecule is CCOCCNCc1ccc(-c2ccc3c(=O)n(CC[C@H](C(=O)NO)S(C)(=O)=O)ccc3c2)c(F)c1. The third-order valence-electron chi connectivity index (χ3n) is 5.83. The second-order valence-corrected chi connectivity index (χ2v) is 10.6. The topological polar surface area (TPSA) is 127 Å². The maximum atomic E-state index is 14.9. The maximum Gasteiger partial charge on any atom is 0.261 e. The van der Waals surface area contributed by atoms with Crippen molar-refractivity contribution in [1.29, 1.82) is 0 Å². The van der Waals surface area contributed by atoms with Crippen LogP contribution in [0.5, 0.6) is 0 Å². The minimum Gasteiger partial charge on any atom is -0.380 e. The number of aromatic nitrogens is 1. The molecule has 3 aromatic rings. The summed E-state index contributed by atoms with van der Waals surface area (Å²) in [5, 5.41) is 11.5. The standard InChI is InChI=1S/C25H30FN3O6S/c1-3-35-13-10-27-16-17-4-6-20(22(26)14-17)18-5-7-21-19(15-18)8-11-29(25(21)31)12-9-23(24(30)28-32)36(2,33)34/h4-8,11,14-15,23,27,32H,3,9-10,12-13,16H2,1-2H3,(H,28,30)/t23-/m1/s1. The lowest BCUT2D eigenvalue weighted by molar-refractivity contribution is -0.128. The number of carbonyl (C=O) groups excluding carboxylic acids is 1. The Labute approximate surface area is 208 Å². The number of halogens is 1. The van der Waals surface area contributed by atoms with Crippen LogP contribution in [-0.4, -0.2) is 55.4 Å². The van der Waals surface area contributed by atoms with E-state index in [1.54, 1.807) is 30.3 Å². The molecular formula is C25H30FN3O6S. The van der Waals surface area contributed by atoms with Gasteiger partial charge in [-0.2, -0.15) is 0 Å². The van der Waals surface area contributed by atoms with Crippen molar-refractivity contribution in [3.8, 4) is 11.1 Å². The zero-order valence-electron chi connectivity index (χ0n) is 20.2. The second-order valence-electron chi connectivity index (χ2n) is 8.39. The predicted octanol–water partition coefficient (Wildman–Crippen LogP) is 2.24. The van der Waals surface area contributed by atoms with Crippen LogP contribution in [0.25, 0.3) is 21.9 Å². The highest BCUT2D eigenvalue weighted by Crippen LogP contribution is 2.26. The number of sulfone groups is 1. The maximum absolute atomic E-state index is 14.9. The molecule has 11 heteroatoms. The molecule has 0 aliphatic carbocycles. The van der Waals surface area contributed by atoms with E-state index in [1.165, 1.54) is 22.3 Å². The molecular weight excluding hydrogens is 489 g/mol. The third-order valence-corrected chi connectivity index (χ3v) is 7.31. The monoisotopic (exact) mass is 519 g/mol. The Balaban J connectivity index is 1.78. The van der Waals surface area contributed by atoms with E-state index in [4.69, 9.17) is 9.94 Å². The molecule has 0 unspecified atom stereocenters. The van der Waals surface area contributed by atoms with Crippen LogP contribution in [0.15, 0.2) is 53.5 Å². The first kappa shape index (κ1) is 27.5. The number of hydrogen-bond acceptors (Lipinski definition) is 7. The van der Waals surface area contributed by atoms with Crippen LogP contribution in [0.3, 0.4) is 0 Å². The highest BCUT2D eigenvalue weighted by molar-refractivity contribution is 7.92. The van der Waals surface area contributed by atoms with Crippen molar-refractivity contribution in [3.63, 3.8) is 0 Å². The fourth-order valence-corrected chi connectivity index (χ4v) is 4.90. The van der Waals surface area contributed by atoms with E-state index in [1.807, 2.05) is 13.0 Å². The molecule has 3 rings (SSSR count). The Morgan fingerprint density at radius 2 is 1.97 bits per heavy atom. The lowest BCUT2D eigenvalue weighted by Crippen LogP contribution is -2.39. The van der Waals surface area contributed by atoms with Gasteiger partial charge in [-0.25, -0.2) is 18.3 Å². The fraction of sp³-hybridized carbons (Fsp3) is 0.360. The van der Waals surface area contributed by atoms with E-state index in [2.05, 4.69) is 5.32 Å². The van der Waals surface area contributed by atoms with Crippen molar-refractivity contribution < 1.29 is 27.5 Å². The molecule has 1 amide bonds. The number of ether oxygens (including phenoxy) is 1. The van der Waals surface area contributed by atoms with E-state index < -0.39 is 21.0 Å². The van der Waals surface area contributed by atoms with Crippen LogP contribution in [0.4, 0.5) is 4.39 Å². The summed E-state index contributed by atoms with van der Waals surface area (Å²) in [5.41, 5.74) is 2.81. The van der Waals surface area contributed by atoms with Gasteiger partial charge in [0.15, 0.2) is 9.84 Å². The summed E-state index contributed by atoms with van der Waals surface area (Å²) >= 11 is 0. The number of rotatable bonds is 12. The number of pyridine rings is 1. The Morgan fingerprint density at radius 1 is 1.19 bits per heavy atom. The lowest BCUT2D eigenvalue weighted by Gasteiger charge is -2.14. The Kier molecular flexibility index (Phi) is 9.32. The quantitative estimate of drug-likeness (QED) is 0.190. The summed E-state index contributed by atoms with van der Waals surface area (Å²) in [6, 6.07) is 11.7. The smallest absolute Gasteiger partial charge is 0.261 e. The van der Waals surface area contributed by atoms with Crippen LogP contribution in [0.2, 0.25) is 0 Å². The molecule has 0 aliphatic rings. The van der Waals surface area contributed by atoms with Gasteiger partial charge in [-0.15, -0.1) is 0 Å². The number of carbonyl (C=O) groups is 1. The summed E-state index contributed by atoms with van der Waals surface area (Å²) in [6.45, 7) is 4.31. The average Bonchev–Trinajstić information content (AvgIpc) is 2.84. The molecule has 9 nitrogen and oxygen atoms in total. The third kappa shape index (κ3) is 6.76. The first-order chi connectivity index (χ1) is 17.2. The molecule has 36 heavy (non-hydrogen) atoms. The summed E-state index contributed by atoms with van der Waals surface area (Å²) < 4.78 is 45.2. The van der Waals surface area contributed by atoms with Gasteiger partial charge in [-0.3, -0.25) is 14.8 Å². The predicted molar refractivity (Wildman–Crippen MR) is 135 cm³/mol. The van der Waals surface area contributed by atoms with Crippen molar-refractivity contribution in [3.05, 3.63) is 70.4 Å². The Morgan fingerprint density at radius 3 is 2.64 bits per heavy atom. The van der Waals surface area contributed by atoms with Gasteiger partial charge in [-0.1, -0.05) is 18.2 Å². The molecule has 3 N–H and O–H groups in total. The molecule has 194 valence electrons. The molecule has 0 bridgehead atoms. The summed E-state index contributed by atoms with van der Waals surface area (Å²) in [4.78, 5) is 24.7. The first-order valence-corrected chi connectivity index (χ1v) is 13.4. The largest absolute Gasteiger partial charge is 0.380 e. The van der Waals surface area contributed by atoms with Gasteiger partial charge in [-0.05, 0) is 54.1 Å². The van der Waals surface area contributed by atoms with Crippen molar-refractivity contribution in [2.45, 2.75) is 31.7 Å². The lowest BCUT2D eigenvalue weighted by atomic mass is 10.00. The van der Waals surface area contributed by atoms with E-state index in [9.17, 15) is 22.4 Å². The molecule has 0 fully saturated rings. The van der Waals surface area contributed by atoms with Gasteiger partial charge in [0, 0.05) is 49.6 Å². The van der Waals surface area contributed by atoms with E-state index >= 15 is 0 Å². The van der Waals surface area contributed by atoms with Crippen molar-refractivity contribution in [2.24, 2.45) is 0 Å². The zero-order valence-corrected chi connectivity index (χ0v) is 21.0. The summed E-state index contributed by atoms with van der Waals surface area (Å²) in [6.07, 6.45) is 2.20. The van der Waals surface area contributed by atoms with Crippen molar-refractivity contribution >= 4 is 26.5 Å². The van der Waals surface area contributed by atoms with Gasteiger partial charge < -0.3 is 14.6 Å². The van der Waals surface area contributed by atoms with Crippen LogP contribution in [-0.2, 0) is 32.5 Å². The summed E-state index contributed by atoms with van der Waals surface area (Å²) in [7, 11) is -3.79. The van der Waals surface area contributed by atoms with Gasteiger partial charge in [0.05, 0.1) is 6.61 Å². The van der Waals surface area contributed by atoms with Crippen LogP contribution >= 0.6 is 0 Å². The molecule has 1 heterocycles. The van der Waals surface area contributed by atoms with Crippen molar-refractivity contribution in [2.75, 3.05) is 26.0 Å². The van der Waals surface area contributed by atoms with Crippen LogP contribution < -0.4 is 16.4 Å². The molecule has 2 aromatic carbocycles. The highest BCUT2D eigenvalue weighted by Gasteiger charge is 2.28. The number of aryl methyl sites for hydroxylation is 1. The van der Waals surface area contributed by atoms with Gasteiger partial charge in [0.25, 0.3) is 11.5 Å². The number of hydroxylamine groups is 1. The fourth-order valence-electron chi connectivity index (χ4n) is 3.92. The van der Waals surface area contributed by atoms with E-state index in [0.717, 1.165) is 11.8 Å². The Bertz CT molecular complexity index is 1390. The normalized spacial score (nSPS) is 12.6. The molecule has 0 radical (unpaired) electrons. The van der Waals surface area contributed by atoms with Gasteiger partial charge in [0.2, 0.25) is 0 Å². The number of hydrogen-bond donors (Lipinski definition) is 3. The number of nitrogens with zero attached hydrogens (tertiary/aromatic N) is 1. The van der Waals surface area contributed by atoms with Crippen LogP contribution in [0, 0.1) is 5.82 Å². The number of nitrogens with one attached hydrogen (secondary N) is 2. The minimum absolute atomic E-state index is 0.0453. The molecule has 1 aromatic heterocycles. The van der Waals surface area contributed by atoms with Gasteiger partial charge in [0.1, 0.15) is 11.1 Å². The number of fused-ring (bicyclic) bond motifs is 1. The molecule has 0 spiro atoms. The van der Waals surface area contributed by atoms with Gasteiger partial charge >= 0.3 is 0 Å². The molecule has 0 aliphatic heterocycles. The molecule has 1 atom stereocenters. The number of amides is 1. The van der Waals surface area contributed by atoms with Crippen molar-refractivity contribution in [1.82, 2.24) is 15.4 Å². The second kappa shape index (κ2) is 12.2. The van der Waals surface area contributed by atoms with E-state index in [-0.39, 0.29) is 24.3 Å². The Hall–Kier alpha value is -3.12. The highest BCUT2D eigenvalue weighted by atomic mass is 32.2. The molecule has 0 saturated heterocycles. The van der Waals surface area contributed by atoms with E-state index in [0.29, 0.717) is 48.2 Å². The summed E-state index contributed by atoms with van der Waals surface area (Å²) in [5.74, 6) is -1.42. The average molecular weight is 520 g/mol. The number of benzene rings is 2. The zero-order chi connectivity index (χ0) is 26.3. The first-order valence-electron chi connectivity index (χ1n) is 11.5. The molecule has 0 saturated carbocycles.